The van der Waals surface area contributed by atoms with Gasteiger partial charge in [0.2, 0.25) is 0 Å². The summed E-state index contributed by atoms with van der Waals surface area (Å²) in [5.74, 6) is 0. The van der Waals surface area contributed by atoms with E-state index in [1.54, 1.807) is 0 Å². The predicted molar refractivity (Wildman–Crippen MR) is 79.3 cm³/mol. The van der Waals surface area contributed by atoms with E-state index in [-0.39, 0.29) is 5.72 Å². The van der Waals surface area contributed by atoms with Crippen LogP contribution in [0.25, 0.3) is 0 Å². The molecule has 0 aromatic rings. The van der Waals surface area contributed by atoms with Crippen molar-refractivity contribution < 1.29 is 4.43 Å². The summed E-state index contributed by atoms with van der Waals surface area (Å²) < 4.78 is 6.74. The highest BCUT2D eigenvalue weighted by Gasteiger charge is 2.53. The second-order valence-electron chi connectivity index (χ2n) is 7.22. The second-order valence-corrected chi connectivity index (χ2v) is 22.4. The van der Waals surface area contributed by atoms with Crippen LogP contribution in [0.15, 0.2) is 0 Å². The average molecular weight is 272 g/mol. The summed E-state index contributed by atoms with van der Waals surface area (Å²) in [6, 6.07) is 1.46. The molecular formula is C13H29NOSi2. The highest BCUT2D eigenvalue weighted by atomic mass is 29.3. The Bertz CT molecular complexity index is 287. The maximum atomic E-state index is 6.74. The molecule has 1 unspecified atom stereocenters. The largest absolute Gasteiger partial charge is 0.402 e. The molecule has 1 atom stereocenters. The Morgan fingerprint density at radius 3 is 2.12 bits per heavy atom. The molecule has 0 bridgehead atoms. The summed E-state index contributed by atoms with van der Waals surface area (Å²) in [4.78, 5) is 2.63. The first-order valence-electron chi connectivity index (χ1n) is 7.22. The number of nitrogens with zero attached hydrogens (tertiary/aromatic N) is 1. The third-order valence-electron chi connectivity index (χ3n) is 5.34. The second kappa shape index (κ2) is 4.47. The van der Waals surface area contributed by atoms with Crippen molar-refractivity contribution in [2.24, 2.45) is 0 Å². The van der Waals surface area contributed by atoms with E-state index >= 15 is 0 Å². The first-order valence-corrected chi connectivity index (χ1v) is 14.3. The third kappa shape index (κ3) is 2.55. The summed E-state index contributed by atoms with van der Waals surface area (Å²) >= 11 is 0. The van der Waals surface area contributed by atoms with E-state index in [0.29, 0.717) is 0 Å². The number of rotatable bonds is 1. The Balaban J connectivity index is 2.12. The molecule has 2 rings (SSSR count). The van der Waals surface area contributed by atoms with E-state index in [4.69, 9.17) is 4.43 Å². The Morgan fingerprint density at radius 2 is 1.59 bits per heavy atom. The van der Waals surface area contributed by atoms with Crippen molar-refractivity contribution in [2.45, 2.75) is 70.6 Å². The van der Waals surface area contributed by atoms with Crippen LogP contribution in [0.5, 0.6) is 0 Å². The Labute approximate surface area is 109 Å². The predicted octanol–water partition coefficient (Wildman–Crippen LogP) is 3.60. The van der Waals surface area contributed by atoms with Gasteiger partial charge in [0.25, 0.3) is 0 Å². The molecule has 2 saturated heterocycles. The van der Waals surface area contributed by atoms with Crippen molar-refractivity contribution in [2.75, 3.05) is 13.1 Å². The monoisotopic (exact) mass is 271 g/mol. The smallest absolute Gasteiger partial charge is 0.176 e. The number of piperidine rings is 1. The van der Waals surface area contributed by atoms with Gasteiger partial charge in [-0.2, -0.15) is 0 Å². The van der Waals surface area contributed by atoms with Crippen LogP contribution in [0.3, 0.4) is 0 Å². The highest BCUT2D eigenvalue weighted by Crippen LogP contribution is 2.41. The molecule has 17 heavy (non-hydrogen) atoms. The minimum atomic E-state index is -1.44. The maximum Gasteiger partial charge on any atom is 0.176 e. The lowest BCUT2D eigenvalue weighted by Gasteiger charge is -2.55. The molecule has 0 aliphatic carbocycles. The summed E-state index contributed by atoms with van der Waals surface area (Å²) in [7, 11) is -2.52. The molecule has 2 nitrogen and oxygen atoms in total. The van der Waals surface area contributed by atoms with Crippen LogP contribution in [-0.4, -0.2) is 39.1 Å². The van der Waals surface area contributed by atoms with Crippen LogP contribution in [0.4, 0.5) is 0 Å². The van der Waals surface area contributed by atoms with Crippen molar-refractivity contribution in [3.8, 4) is 0 Å². The standard InChI is InChI=1S/C13H29NOSi2/c1-13(14-10-7-6-8-11-14)9-12-16(2,3)17(4,5)15-13/h6-12H2,1-5H3. The van der Waals surface area contributed by atoms with Crippen LogP contribution in [-0.2, 0) is 4.43 Å². The maximum absolute atomic E-state index is 6.74. The van der Waals surface area contributed by atoms with Gasteiger partial charge in [0.1, 0.15) is 5.72 Å². The van der Waals surface area contributed by atoms with E-state index in [0.717, 1.165) is 0 Å². The number of hydrogen-bond acceptors (Lipinski definition) is 2. The molecule has 4 heteroatoms. The van der Waals surface area contributed by atoms with Gasteiger partial charge >= 0.3 is 0 Å². The molecule has 2 fully saturated rings. The minimum Gasteiger partial charge on any atom is -0.402 e. The third-order valence-corrected chi connectivity index (χ3v) is 21.9. The topological polar surface area (TPSA) is 12.5 Å². The molecule has 0 amide bonds. The van der Waals surface area contributed by atoms with E-state index in [9.17, 15) is 0 Å². The summed E-state index contributed by atoms with van der Waals surface area (Å²) in [5.41, 5.74) is 0.0681. The minimum absolute atomic E-state index is 0.0681. The Morgan fingerprint density at radius 1 is 1.00 bits per heavy atom. The number of likely N-dealkylation sites (tertiary alicyclic amines) is 1. The van der Waals surface area contributed by atoms with Crippen LogP contribution in [0.2, 0.25) is 32.2 Å². The van der Waals surface area contributed by atoms with E-state index in [1.807, 2.05) is 0 Å². The number of hydrogen-bond donors (Lipinski definition) is 0. The van der Waals surface area contributed by atoms with Crippen LogP contribution in [0, 0.1) is 0 Å². The van der Waals surface area contributed by atoms with Gasteiger partial charge in [-0.25, -0.2) is 0 Å². The highest BCUT2D eigenvalue weighted by molar-refractivity contribution is 7.38. The molecule has 100 valence electrons. The summed E-state index contributed by atoms with van der Waals surface area (Å²) in [6.45, 7) is 14.9. The van der Waals surface area contributed by atoms with Crippen molar-refractivity contribution in [3.05, 3.63) is 0 Å². The SMILES string of the molecule is CC1(N2CCCCC2)CC[Si](C)(C)[Si](C)(C)O1. The molecule has 0 spiro atoms. The lowest BCUT2D eigenvalue weighted by molar-refractivity contribution is -0.0905. The lowest BCUT2D eigenvalue weighted by atomic mass is 10.1. The van der Waals surface area contributed by atoms with Gasteiger partial charge in [-0.1, -0.05) is 25.6 Å². The normalized spacial score (nSPS) is 37.9. The van der Waals surface area contributed by atoms with Gasteiger partial charge in [0.15, 0.2) is 7.83 Å². The van der Waals surface area contributed by atoms with Gasteiger partial charge in [0, 0.05) is 13.1 Å². The van der Waals surface area contributed by atoms with E-state index in [2.05, 4.69) is 38.0 Å². The van der Waals surface area contributed by atoms with Crippen molar-refractivity contribution >= 4 is 15.4 Å². The molecular weight excluding hydrogens is 242 g/mol. The van der Waals surface area contributed by atoms with Gasteiger partial charge in [-0.15, -0.1) is 0 Å². The van der Waals surface area contributed by atoms with Gasteiger partial charge in [0.05, 0.1) is 7.59 Å². The first-order chi connectivity index (χ1) is 7.77. The van der Waals surface area contributed by atoms with Crippen LogP contribution < -0.4 is 0 Å². The molecule has 0 radical (unpaired) electrons. The van der Waals surface area contributed by atoms with Gasteiger partial charge in [-0.05, 0) is 39.3 Å². The molecule has 0 N–H and O–H groups in total. The van der Waals surface area contributed by atoms with Gasteiger partial charge < -0.3 is 4.43 Å². The molecule has 2 heterocycles. The molecule has 0 saturated carbocycles. The Hall–Kier alpha value is 0.354. The fourth-order valence-corrected chi connectivity index (χ4v) is 10.1. The van der Waals surface area contributed by atoms with Crippen LogP contribution in [0.1, 0.15) is 32.6 Å². The zero-order chi connectivity index (χ0) is 12.7. The lowest BCUT2D eigenvalue weighted by Crippen LogP contribution is -2.68. The van der Waals surface area contributed by atoms with E-state index in [1.165, 1.54) is 44.8 Å². The molecule has 0 aromatic carbocycles. The summed E-state index contributed by atoms with van der Waals surface area (Å²) in [6.07, 6.45) is 5.40. The fraction of sp³-hybridized carbons (Fsp3) is 1.00. The Kier molecular flexibility index (Phi) is 3.63. The van der Waals surface area contributed by atoms with Gasteiger partial charge in [-0.3, -0.25) is 4.90 Å². The average Bonchev–Trinajstić information content (AvgIpc) is 2.26. The quantitative estimate of drug-likeness (QED) is 0.676. The zero-order valence-electron chi connectivity index (χ0n) is 12.3. The van der Waals surface area contributed by atoms with Crippen LogP contribution >= 0.6 is 0 Å². The molecule has 0 aromatic heterocycles. The first kappa shape index (κ1) is 13.8. The van der Waals surface area contributed by atoms with Crippen molar-refractivity contribution in [1.29, 1.82) is 0 Å². The molecule has 2 aliphatic heterocycles. The molecule has 2 aliphatic rings. The summed E-state index contributed by atoms with van der Waals surface area (Å²) in [5, 5.41) is 0. The fourth-order valence-electron chi connectivity index (χ4n) is 3.17. The zero-order valence-corrected chi connectivity index (χ0v) is 14.3. The van der Waals surface area contributed by atoms with Crippen molar-refractivity contribution in [1.82, 2.24) is 4.90 Å². The van der Waals surface area contributed by atoms with E-state index < -0.39 is 15.4 Å². The van der Waals surface area contributed by atoms with Crippen molar-refractivity contribution in [3.63, 3.8) is 0 Å².